The van der Waals surface area contributed by atoms with Crippen LogP contribution in [0.15, 0.2) is 35.1 Å². The molecule has 0 aliphatic carbocycles. The molecule has 1 aromatic carbocycles. The van der Waals surface area contributed by atoms with Crippen molar-refractivity contribution in [1.29, 1.82) is 0 Å². The Morgan fingerprint density at radius 3 is 2.94 bits per heavy atom. The minimum Gasteiger partial charge on any atom is -0.370 e. The first-order valence-electron chi connectivity index (χ1n) is 6.12. The third-order valence-electron chi connectivity index (χ3n) is 3.82. The second-order valence-electron chi connectivity index (χ2n) is 4.75. The van der Waals surface area contributed by atoms with E-state index < -0.39 is 0 Å². The van der Waals surface area contributed by atoms with Gasteiger partial charge in [0.1, 0.15) is 5.82 Å². The summed E-state index contributed by atoms with van der Waals surface area (Å²) in [5.74, 6) is 0.929. The van der Waals surface area contributed by atoms with Crippen LogP contribution >= 0.6 is 0 Å². The number of para-hydroxylation sites is 1. The van der Waals surface area contributed by atoms with Crippen LogP contribution in [0.2, 0.25) is 0 Å². The number of aryl methyl sites for hydroxylation is 1. The van der Waals surface area contributed by atoms with Crippen LogP contribution in [0.5, 0.6) is 0 Å². The van der Waals surface area contributed by atoms with Crippen molar-refractivity contribution in [1.82, 2.24) is 9.13 Å². The van der Waals surface area contributed by atoms with Crippen molar-refractivity contribution in [3.63, 3.8) is 0 Å². The first-order valence-corrected chi connectivity index (χ1v) is 6.12. The molecule has 4 heteroatoms. The predicted octanol–water partition coefficient (Wildman–Crippen LogP) is 1.92. The summed E-state index contributed by atoms with van der Waals surface area (Å²) < 4.78 is 3.92. The van der Waals surface area contributed by atoms with Gasteiger partial charge in [0, 0.05) is 37.1 Å². The molecule has 1 N–H and O–H groups in total. The number of benzene rings is 1. The molecule has 4 rings (SSSR count). The lowest BCUT2D eigenvalue weighted by atomic mass is 10.2. The molecule has 3 aromatic rings. The van der Waals surface area contributed by atoms with Crippen LogP contribution in [-0.4, -0.2) is 15.7 Å². The highest BCUT2D eigenvalue weighted by Gasteiger charge is 2.18. The Kier molecular flexibility index (Phi) is 1.71. The molecule has 4 nitrogen and oxygen atoms in total. The molecule has 0 saturated heterocycles. The highest BCUT2D eigenvalue weighted by atomic mass is 16.1. The molecule has 18 heavy (non-hydrogen) atoms. The number of anilines is 1. The van der Waals surface area contributed by atoms with Gasteiger partial charge in [-0.15, -0.1) is 0 Å². The standard InChI is InChI=1S/C14H13N3O/c1-16-10-5-3-2-4-9(10)13-11(16)8-12-15-6-7-17(12)14(13)18/h2-5,8,15H,6-7H2,1H3. The SMILES string of the molecule is Cn1c2ccccc2c2c(=O)n3c(cc21)NCC3. The predicted molar refractivity (Wildman–Crippen MR) is 73.2 cm³/mol. The van der Waals surface area contributed by atoms with Gasteiger partial charge in [-0.1, -0.05) is 18.2 Å². The average molecular weight is 239 g/mol. The van der Waals surface area contributed by atoms with Crippen molar-refractivity contribution < 1.29 is 0 Å². The van der Waals surface area contributed by atoms with Crippen LogP contribution in [0.1, 0.15) is 0 Å². The summed E-state index contributed by atoms with van der Waals surface area (Å²) in [7, 11) is 2.01. The topological polar surface area (TPSA) is 39.0 Å². The summed E-state index contributed by atoms with van der Waals surface area (Å²) in [4.78, 5) is 12.6. The molecule has 0 bridgehead atoms. The molecule has 0 saturated carbocycles. The highest BCUT2D eigenvalue weighted by molar-refractivity contribution is 6.08. The summed E-state index contributed by atoms with van der Waals surface area (Å²) >= 11 is 0. The van der Waals surface area contributed by atoms with Crippen LogP contribution in [0, 0.1) is 0 Å². The van der Waals surface area contributed by atoms with Crippen molar-refractivity contribution in [3.8, 4) is 0 Å². The summed E-state index contributed by atoms with van der Waals surface area (Å²) in [5, 5.41) is 5.13. The second kappa shape index (κ2) is 3.16. The number of hydrogen-bond donors (Lipinski definition) is 1. The Morgan fingerprint density at radius 1 is 1.22 bits per heavy atom. The fourth-order valence-corrected chi connectivity index (χ4v) is 2.92. The lowest BCUT2D eigenvalue weighted by Gasteiger charge is -2.03. The molecule has 2 aromatic heterocycles. The van der Waals surface area contributed by atoms with Crippen molar-refractivity contribution in [2.24, 2.45) is 7.05 Å². The molecule has 1 aliphatic rings. The van der Waals surface area contributed by atoms with E-state index in [1.165, 1.54) is 0 Å². The maximum atomic E-state index is 12.6. The molecule has 0 radical (unpaired) electrons. The van der Waals surface area contributed by atoms with Crippen LogP contribution < -0.4 is 10.9 Å². The maximum Gasteiger partial charge on any atom is 0.262 e. The van der Waals surface area contributed by atoms with Crippen LogP contribution in [0.3, 0.4) is 0 Å². The van der Waals surface area contributed by atoms with Gasteiger partial charge in [-0.3, -0.25) is 9.36 Å². The molecule has 0 unspecified atom stereocenters. The summed E-state index contributed by atoms with van der Waals surface area (Å²) in [6.45, 7) is 1.59. The van der Waals surface area contributed by atoms with Crippen molar-refractivity contribution in [3.05, 3.63) is 40.7 Å². The smallest absolute Gasteiger partial charge is 0.262 e. The van der Waals surface area contributed by atoms with Gasteiger partial charge in [-0.05, 0) is 6.07 Å². The zero-order chi connectivity index (χ0) is 12.3. The zero-order valence-electron chi connectivity index (χ0n) is 10.1. The van der Waals surface area contributed by atoms with Crippen LogP contribution in [0.25, 0.3) is 21.8 Å². The van der Waals surface area contributed by atoms with E-state index in [0.717, 1.165) is 40.7 Å². The van der Waals surface area contributed by atoms with Crippen molar-refractivity contribution >= 4 is 27.6 Å². The summed E-state index contributed by atoms with van der Waals surface area (Å²) in [6.07, 6.45) is 0. The number of nitrogens with one attached hydrogen (secondary N) is 1. The van der Waals surface area contributed by atoms with Crippen LogP contribution in [0.4, 0.5) is 5.82 Å². The highest BCUT2D eigenvalue weighted by Crippen LogP contribution is 2.28. The molecule has 1 aliphatic heterocycles. The Balaban J connectivity index is 2.33. The minimum absolute atomic E-state index is 0.115. The van der Waals surface area contributed by atoms with E-state index >= 15 is 0 Å². The monoisotopic (exact) mass is 239 g/mol. The molecule has 0 atom stereocenters. The van der Waals surface area contributed by atoms with E-state index in [-0.39, 0.29) is 5.56 Å². The van der Waals surface area contributed by atoms with E-state index in [9.17, 15) is 4.79 Å². The number of hydrogen-bond acceptors (Lipinski definition) is 2. The Bertz CT molecular complexity index is 841. The number of aromatic nitrogens is 2. The van der Waals surface area contributed by atoms with Gasteiger partial charge in [-0.2, -0.15) is 0 Å². The number of nitrogens with zero attached hydrogens (tertiary/aromatic N) is 2. The van der Waals surface area contributed by atoms with E-state index in [0.29, 0.717) is 0 Å². The zero-order valence-corrected chi connectivity index (χ0v) is 10.1. The van der Waals surface area contributed by atoms with Gasteiger partial charge in [0.25, 0.3) is 5.56 Å². The fraction of sp³-hybridized carbons (Fsp3) is 0.214. The summed E-state index contributed by atoms with van der Waals surface area (Å²) in [5.41, 5.74) is 2.22. The normalized spacial score (nSPS) is 14.1. The molecule has 0 spiro atoms. The number of pyridine rings is 1. The van der Waals surface area contributed by atoms with Gasteiger partial charge in [0.15, 0.2) is 0 Å². The van der Waals surface area contributed by atoms with Gasteiger partial charge in [0.2, 0.25) is 0 Å². The van der Waals surface area contributed by atoms with E-state index in [2.05, 4.69) is 22.0 Å². The van der Waals surface area contributed by atoms with Gasteiger partial charge in [0.05, 0.1) is 10.9 Å². The Morgan fingerprint density at radius 2 is 2.06 bits per heavy atom. The Hall–Kier alpha value is -2.23. The van der Waals surface area contributed by atoms with Crippen LogP contribution in [-0.2, 0) is 13.6 Å². The molecule has 3 heterocycles. The summed E-state index contributed by atoms with van der Waals surface area (Å²) in [6, 6.07) is 10.1. The quantitative estimate of drug-likeness (QED) is 0.651. The van der Waals surface area contributed by atoms with E-state index in [4.69, 9.17) is 0 Å². The van der Waals surface area contributed by atoms with Crippen molar-refractivity contribution in [2.75, 3.05) is 11.9 Å². The second-order valence-corrected chi connectivity index (χ2v) is 4.75. The van der Waals surface area contributed by atoms with Crippen molar-refractivity contribution in [2.45, 2.75) is 6.54 Å². The fourth-order valence-electron chi connectivity index (χ4n) is 2.92. The molecular weight excluding hydrogens is 226 g/mol. The van der Waals surface area contributed by atoms with E-state index in [1.54, 1.807) is 0 Å². The molecular formula is C14H13N3O. The first kappa shape index (κ1) is 9.76. The lowest BCUT2D eigenvalue weighted by Crippen LogP contribution is -2.17. The largest absolute Gasteiger partial charge is 0.370 e. The third-order valence-corrected chi connectivity index (χ3v) is 3.82. The molecule has 0 fully saturated rings. The van der Waals surface area contributed by atoms with Gasteiger partial charge in [-0.25, -0.2) is 0 Å². The van der Waals surface area contributed by atoms with E-state index in [1.807, 2.05) is 29.8 Å². The maximum absolute atomic E-state index is 12.6. The van der Waals surface area contributed by atoms with Gasteiger partial charge < -0.3 is 9.88 Å². The number of fused-ring (bicyclic) bond motifs is 4. The number of rotatable bonds is 0. The van der Waals surface area contributed by atoms with Gasteiger partial charge >= 0.3 is 0 Å². The average Bonchev–Trinajstić information content (AvgIpc) is 2.96. The Labute approximate surface area is 103 Å². The molecule has 0 amide bonds. The third kappa shape index (κ3) is 1.03. The molecule has 90 valence electrons. The minimum atomic E-state index is 0.115. The first-order chi connectivity index (χ1) is 8.77. The lowest BCUT2D eigenvalue weighted by molar-refractivity contribution is 0.780.